The molecule has 0 saturated heterocycles. The molecule has 4 aromatic rings. The van der Waals surface area contributed by atoms with Gasteiger partial charge in [-0.2, -0.15) is 4.98 Å². The molecule has 1 amide bonds. The minimum Gasteiger partial charge on any atom is -0.367 e. The third-order valence-corrected chi connectivity index (χ3v) is 6.77. The summed E-state index contributed by atoms with van der Waals surface area (Å²) in [4.78, 5) is 23.3. The summed E-state index contributed by atoms with van der Waals surface area (Å²) in [7, 11) is 1.81. The van der Waals surface area contributed by atoms with Crippen LogP contribution in [0.25, 0.3) is 10.6 Å². The first-order valence-electron chi connectivity index (χ1n) is 11.2. The SMILES string of the molecule is Cc1nnc(-c2cnc(Nc3ccc4c(c3)CCN(C)C4=O)nc2N[C@@](C)(O)c2ccccc2)s1. The van der Waals surface area contributed by atoms with E-state index < -0.39 is 5.72 Å². The average molecular weight is 488 g/mol. The first kappa shape index (κ1) is 22.9. The summed E-state index contributed by atoms with van der Waals surface area (Å²) < 4.78 is 0. The lowest BCUT2D eigenvalue weighted by Crippen LogP contribution is -2.34. The van der Waals surface area contributed by atoms with Gasteiger partial charge in [-0.1, -0.05) is 41.7 Å². The Morgan fingerprint density at radius 1 is 1.11 bits per heavy atom. The monoisotopic (exact) mass is 487 g/mol. The lowest BCUT2D eigenvalue weighted by molar-refractivity contribution is 0.0780. The number of aryl methyl sites for hydroxylation is 1. The van der Waals surface area contributed by atoms with Gasteiger partial charge in [-0.3, -0.25) is 4.79 Å². The zero-order valence-corrected chi connectivity index (χ0v) is 20.4. The van der Waals surface area contributed by atoms with Crippen LogP contribution >= 0.6 is 11.3 Å². The maximum atomic E-state index is 12.4. The zero-order chi connectivity index (χ0) is 24.6. The van der Waals surface area contributed by atoms with Crippen molar-refractivity contribution in [2.75, 3.05) is 24.2 Å². The van der Waals surface area contributed by atoms with Crippen LogP contribution in [0, 0.1) is 6.92 Å². The van der Waals surface area contributed by atoms with Gasteiger partial charge in [0, 0.05) is 36.6 Å². The third-order valence-electron chi connectivity index (χ3n) is 5.90. The lowest BCUT2D eigenvalue weighted by Gasteiger charge is -2.27. The number of anilines is 3. The lowest BCUT2D eigenvalue weighted by atomic mass is 9.99. The molecule has 9 nitrogen and oxygen atoms in total. The molecule has 0 spiro atoms. The predicted octanol–water partition coefficient (Wildman–Crippen LogP) is 3.95. The van der Waals surface area contributed by atoms with Crippen LogP contribution in [0.5, 0.6) is 0 Å². The van der Waals surface area contributed by atoms with Gasteiger partial charge in [-0.05, 0) is 44.0 Å². The van der Waals surface area contributed by atoms with E-state index in [0.717, 1.165) is 22.7 Å². The zero-order valence-electron chi connectivity index (χ0n) is 19.6. The van der Waals surface area contributed by atoms with E-state index in [0.29, 0.717) is 40.0 Å². The highest BCUT2D eigenvalue weighted by molar-refractivity contribution is 7.14. The fourth-order valence-corrected chi connectivity index (χ4v) is 4.68. The molecule has 3 heterocycles. The number of aliphatic hydroxyl groups is 1. The molecule has 0 radical (unpaired) electrons. The molecule has 0 aliphatic carbocycles. The van der Waals surface area contributed by atoms with Gasteiger partial charge in [0.2, 0.25) is 5.95 Å². The Bertz CT molecular complexity index is 1390. The van der Waals surface area contributed by atoms with Crippen molar-refractivity contribution in [1.29, 1.82) is 0 Å². The second-order valence-corrected chi connectivity index (χ2v) is 9.80. The number of amides is 1. The fourth-order valence-electron chi connectivity index (χ4n) is 3.98. The topological polar surface area (TPSA) is 116 Å². The number of aromatic nitrogens is 4. The Kier molecular flexibility index (Phi) is 5.91. The van der Waals surface area contributed by atoms with Gasteiger partial charge in [0.15, 0.2) is 10.7 Å². The van der Waals surface area contributed by atoms with Crippen molar-refractivity contribution < 1.29 is 9.90 Å². The van der Waals surface area contributed by atoms with Crippen molar-refractivity contribution in [2.45, 2.75) is 26.0 Å². The van der Waals surface area contributed by atoms with E-state index in [9.17, 15) is 9.90 Å². The molecule has 0 saturated carbocycles. The Hall–Kier alpha value is -3.89. The molecular formula is C25H25N7O2S. The maximum Gasteiger partial charge on any atom is 0.253 e. The van der Waals surface area contributed by atoms with Crippen LogP contribution in [0.1, 0.15) is 33.4 Å². The van der Waals surface area contributed by atoms with Crippen molar-refractivity contribution in [3.05, 3.63) is 76.4 Å². The number of fused-ring (bicyclic) bond motifs is 1. The van der Waals surface area contributed by atoms with E-state index in [-0.39, 0.29) is 5.91 Å². The minimum atomic E-state index is -1.39. The number of hydrogen-bond acceptors (Lipinski definition) is 9. The van der Waals surface area contributed by atoms with E-state index in [1.54, 1.807) is 18.0 Å². The van der Waals surface area contributed by atoms with Crippen LogP contribution in [0.15, 0.2) is 54.7 Å². The van der Waals surface area contributed by atoms with Crippen molar-refractivity contribution in [3.8, 4) is 10.6 Å². The number of likely N-dealkylation sites (N-methyl/N-ethyl adjacent to an activating group) is 1. The van der Waals surface area contributed by atoms with E-state index in [1.165, 1.54) is 11.3 Å². The molecule has 2 aromatic heterocycles. The Labute approximate surface area is 206 Å². The van der Waals surface area contributed by atoms with Gasteiger partial charge in [0.1, 0.15) is 10.8 Å². The molecule has 0 fully saturated rings. The number of nitrogens with zero attached hydrogens (tertiary/aromatic N) is 5. The van der Waals surface area contributed by atoms with Crippen molar-refractivity contribution in [2.24, 2.45) is 0 Å². The van der Waals surface area contributed by atoms with E-state index >= 15 is 0 Å². The van der Waals surface area contributed by atoms with Crippen LogP contribution in [-0.2, 0) is 12.1 Å². The third kappa shape index (κ3) is 4.71. The summed E-state index contributed by atoms with van der Waals surface area (Å²) in [6.45, 7) is 4.23. The normalized spacial score (nSPS) is 14.9. The summed E-state index contributed by atoms with van der Waals surface area (Å²) in [5.41, 5.74) is 2.42. The van der Waals surface area contributed by atoms with E-state index in [4.69, 9.17) is 0 Å². The first-order valence-corrected chi connectivity index (χ1v) is 12.0. The van der Waals surface area contributed by atoms with Crippen LogP contribution < -0.4 is 10.6 Å². The summed E-state index contributed by atoms with van der Waals surface area (Å²) in [6, 6.07) is 14.9. The number of hydrogen-bond donors (Lipinski definition) is 3. The average Bonchev–Trinajstić information content (AvgIpc) is 3.28. The van der Waals surface area contributed by atoms with Gasteiger partial charge in [0.05, 0.1) is 5.56 Å². The largest absolute Gasteiger partial charge is 0.367 e. The number of benzene rings is 2. The molecule has 0 bridgehead atoms. The Morgan fingerprint density at radius 2 is 1.91 bits per heavy atom. The highest BCUT2D eigenvalue weighted by atomic mass is 32.1. The molecule has 0 unspecified atom stereocenters. The van der Waals surface area contributed by atoms with Gasteiger partial charge >= 0.3 is 0 Å². The van der Waals surface area contributed by atoms with Gasteiger partial charge < -0.3 is 20.6 Å². The molecule has 178 valence electrons. The molecule has 3 N–H and O–H groups in total. The molecule has 2 aromatic carbocycles. The smallest absolute Gasteiger partial charge is 0.253 e. The molecule has 10 heteroatoms. The van der Waals surface area contributed by atoms with Gasteiger partial charge in [-0.15, -0.1) is 10.2 Å². The molecule has 1 atom stereocenters. The molecule has 1 aliphatic rings. The van der Waals surface area contributed by atoms with E-state index in [1.807, 2.05) is 62.5 Å². The second kappa shape index (κ2) is 9.05. The van der Waals surface area contributed by atoms with Gasteiger partial charge in [0.25, 0.3) is 5.91 Å². The minimum absolute atomic E-state index is 0.0281. The van der Waals surface area contributed by atoms with Crippen LogP contribution in [0.4, 0.5) is 17.5 Å². The quantitative estimate of drug-likeness (QED) is 0.350. The molecule has 5 rings (SSSR count). The Morgan fingerprint density at radius 3 is 2.66 bits per heavy atom. The standard InChI is InChI=1S/C25H25N7O2S/c1-15-30-31-22(35-15)20-14-26-24(28-21(20)29-25(2,34)17-7-5-4-6-8-17)27-18-9-10-19-16(13-18)11-12-32(3)23(19)33/h4-10,13-14,34H,11-12H2,1-3H3,(H2,26,27,28,29)/t25-/m0/s1. The molecule has 1 aliphatic heterocycles. The van der Waals surface area contributed by atoms with Crippen LogP contribution in [0.2, 0.25) is 0 Å². The molecule has 35 heavy (non-hydrogen) atoms. The number of carbonyl (C=O) groups is 1. The molecular weight excluding hydrogens is 462 g/mol. The predicted molar refractivity (Wildman–Crippen MR) is 136 cm³/mol. The van der Waals surface area contributed by atoms with Crippen LogP contribution in [-0.4, -0.2) is 49.7 Å². The van der Waals surface area contributed by atoms with Crippen molar-refractivity contribution in [3.63, 3.8) is 0 Å². The summed E-state index contributed by atoms with van der Waals surface area (Å²) in [6.07, 6.45) is 2.45. The van der Waals surface area contributed by atoms with E-state index in [2.05, 4.69) is 30.8 Å². The summed E-state index contributed by atoms with van der Waals surface area (Å²) in [5, 5.41) is 27.4. The Balaban J connectivity index is 1.48. The maximum absolute atomic E-state index is 12.4. The first-order chi connectivity index (χ1) is 16.8. The van der Waals surface area contributed by atoms with Crippen molar-refractivity contribution >= 4 is 34.7 Å². The summed E-state index contributed by atoms with van der Waals surface area (Å²) >= 11 is 1.42. The van der Waals surface area contributed by atoms with Crippen LogP contribution in [0.3, 0.4) is 0 Å². The second-order valence-electron chi connectivity index (χ2n) is 8.62. The number of nitrogens with one attached hydrogen (secondary N) is 2. The highest BCUT2D eigenvalue weighted by Gasteiger charge is 2.26. The summed E-state index contributed by atoms with van der Waals surface area (Å²) in [5.74, 6) is 0.795. The highest BCUT2D eigenvalue weighted by Crippen LogP contribution is 2.33. The van der Waals surface area contributed by atoms with Gasteiger partial charge in [-0.25, -0.2) is 4.98 Å². The number of rotatable bonds is 6. The fraction of sp³-hybridized carbons (Fsp3) is 0.240. The number of carbonyl (C=O) groups excluding carboxylic acids is 1. The van der Waals surface area contributed by atoms with Crippen molar-refractivity contribution in [1.82, 2.24) is 25.1 Å².